The van der Waals surface area contributed by atoms with Gasteiger partial charge in [0.1, 0.15) is 0 Å². The molecule has 17 heavy (non-hydrogen) atoms. The van der Waals surface area contributed by atoms with Gasteiger partial charge in [-0.1, -0.05) is 24.6 Å². The van der Waals surface area contributed by atoms with Crippen LogP contribution in [0.15, 0.2) is 23.3 Å². The van der Waals surface area contributed by atoms with Crippen LogP contribution in [0.5, 0.6) is 0 Å². The predicted molar refractivity (Wildman–Crippen MR) is 69.6 cm³/mol. The fraction of sp³-hybridized carbons (Fsp3) is 0.733. The van der Waals surface area contributed by atoms with E-state index in [9.17, 15) is 10.2 Å². The highest BCUT2D eigenvalue weighted by Crippen LogP contribution is 2.53. The van der Waals surface area contributed by atoms with Crippen molar-refractivity contribution in [2.24, 2.45) is 11.3 Å². The monoisotopic (exact) mass is 236 g/mol. The summed E-state index contributed by atoms with van der Waals surface area (Å²) in [7, 11) is 0. The first-order chi connectivity index (χ1) is 7.99. The summed E-state index contributed by atoms with van der Waals surface area (Å²) < 4.78 is 0. The molecule has 0 amide bonds. The zero-order valence-corrected chi connectivity index (χ0v) is 11.0. The molecule has 2 saturated carbocycles. The zero-order chi connectivity index (χ0) is 12.6. The molecular formula is C15H24O2. The number of hydrogen-bond donors (Lipinski definition) is 2. The number of fused-ring (bicyclic) bond motifs is 1. The van der Waals surface area contributed by atoms with Gasteiger partial charge in [-0.05, 0) is 50.5 Å². The smallest absolute Gasteiger partial charge is 0.0641 e. The van der Waals surface area contributed by atoms with Gasteiger partial charge in [0.2, 0.25) is 0 Å². The van der Waals surface area contributed by atoms with Gasteiger partial charge in [-0.3, -0.25) is 0 Å². The molecular weight excluding hydrogens is 212 g/mol. The first-order valence-electron chi connectivity index (χ1n) is 6.63. The molecule has 2 fully saturated rings. The van der Waals surface area contributed by atoms with Gasteiger partial charge in [0.05, 0.1) is 12.7 Å². The lowest BCUT2D eigenvalue weighted by atomic mass is 9.56. The Balaban J connectivity index is 2.27. The van der Waals surface area contributed by atoms with Gasteiger partial charge in [-0.25, -0.2) is 0 Å². The van der Waals surface area contributed by atoms with E-state index >= 15 is 0 Å². The summed E-state index contributed by atoms with van der Waals surface area (Å²) in [5.74, 6) is 0.400. The van der Waals surface area contributed by atoms with Crippen molar-refractivity contribution >= 4 is 0 Å². The maximum atomic E-state index is 10.3. The van der Waals surface area contributed by atoms with Crippen LogP contribution < -0.4 is 0 Å². The first-order valence-corrected chi connectivity index (χ1v) is 6.63. The lowest BCUT2D eigenvalue weighted by Gasteiger charge is -2.50. The normalized spacial score (nSPS) is 41.1. The molecule has 0 aromatic carbocycles. The SMILES string of the molecule is C=C1CCC(O)C2(C)CCC(=C(C)CO)CC12. The zero-order valence-electron chi connectivity index (χ0n) is 11.0. The number of aliphatic hydroxyl groups excluding tert-OH is 2. The van der Waals surface area contributed by atoms with Crippen molar-refractivity contribution in [3.63, 3.8) is 0 Å². The lowest BCUT2D eigenvalue weighted by Crippen LogP contribution is -2.46. The van der Waals surface area contributed by atoms with Gasteiger partial charge in [0.25, 0.3) is 0 Å². The molecule has 2 aliphatic rings. The maximum absolute atomic E-state index is 10.3. The summed E-state index contributed by atoms with van der Waals surface area (Å²) in [6, 6.07) is 0. The summed E-state index contributed by atoms with van der Waals surface area (Å²) in [5.41, 5.74) is 3.79. The van der Waals surface area contributed by atoms with Crippen molar-refractivity contribution < 1.29 is 10.2 Å². The fourth-order valence-electron chi connectivity index (χ4n) is 3.51. The molecule has 0 aromatic rings. The number of aliphatic hydroxyl groups is 2. The largest absolute Gasteiger partial charge is 0.393 e. The van der Waals surface area contributed by atoms with Gasteiger partial charge < -0.3 is 10.2 Å². The van der Waals surface area contributed by atoms with E-state index in [0.717, 1.165) is 37.7 Å². The molecule has 96 valence electrons. The Morgan fingerprint density at radius 2 is 2.18 bits per heavy atom. The molecule has 0 saturated heterocycles. The van der Waals surface area contributed by atoms with Gasteiger partial charge >= 0.3 is 0 Å². The average Bonchev–Trinajstić information content (AvgIpc) is 2.33. The highest BCUT2D eigenvalue weighted by Gasteiger charge is 2.47. The average molecular weight is 236 g/mol. The van der Waals surface area contributed by atoms with E-state index in [1.54, 1.807) is 0 Å². The standard InChI is InChI=1S/C15H24O2/c1-10-4-5-14(17)15(3)7-6-12(8-13(10)15)11(2)9-16/h13-14,16-17H,1,4-9H2,2-3H3. The molecule has 2 N–H and O–H groups in total. The van der Waals surface area contributed by atoms with E-state index in [0.29, 0.717) is 5.92 Å². The second kappa shape index (κ2) is 4.58. The van der Waals surface area contributed by atoms with Gasteiger partial charge in [0, 0.05) is 5.41 Å². The van der Waals surface area contributed by atoms with E-state index in [1.165, 1.54) is 11.1 Å². The third-order valence-corrected chi connectivity index (χ3v) is 5.05. The Bertz CT molecular complexity index is 356. The van der Waals surface area contributed by atoms with Gasteiger partial charge in [0.15, 0.2) is 0 Å². The Hall–Kier alpha value is -0.600. The predicted octanol–water partition coefficient (Wildman–Crippen LogP) is 2.81. The number of allylic oxidation sites excluding steroid dienone is 2. The Labute approximate surface area is 104 Å². The molecule has 2 heteroatoms. The minimum Gasteiger partial charge on any atom is -0.393 e. The number of rotatable bonds is 1. The van der Waals surface area contributed by atoms with Crippen LogP contribution in [-0.2, 0) is 0 Å². The van der Waals surface area contributed by atoms with Crippen LogP contribution in [0.2, 0.25) is 0 Å². The molecule has 0 aliphatic heterocycles. The molecule has 0 bridgehead atoms. The van der Waals surface area contributed by atoms with Crippen molar-refractivity contribution in [2.75, 3.05) is 6.61 Å². The molecule has 2 nitrogen and oxygen atoms in total. The quantitative estimate of drug-likeness (QED) is 0.687. The van der Waals surface area contributed by atoms with Crippen LogP contribution in [0.1, 0.15) is 46.0 Å². The Morgan fingerprint density at radius 1 is 1.47 bits per heavy atom. The van der Waals surface area contributed by atoms with E-state index in [2.05, 4.69) is 13.5 Å². The molecule has 2 rings (SSSR count). The van der Waals surface area contributed by atoms with Crippen molar-refractivity contribution in [3.05, 3.63) is 23.3 Å². The minimum absolute atomic E-state index is 0.00850. The van der Waals surface area contributed by atoms with Crippen LogP contribution in [0.25, 0.3) is 0 Å². The van der Waals surface area contributed by atoms with E-state index in [1.807, 2.05) is 6.92 Å². The lowest BCUT2D eigenvalue weighted by molar-refractivity contribution is -0.0341. The number of hydrogen-bond acceptors (Lipinski definition) is 2. The van der Waals surface area contributed by atoms with Gasteiger partial charge in [-0.2, -0.15) is 0 Å². The molecule has 0 radical (unpaired) electrons. The molecule has 3 unspecified atom stereocenters. The van der Waals surface area contributed by atoms with Crippen LogP contribution in [0.3, 0.4) is 0 Å². The van der Waals surface area contributed by atoms with Crippen molar-refractivity contribution in [2.45, 2.75) is 52.1 Å². The van der Waals surface area contributed by atoms with Gasteiger partial charge in [-0.15, -0.1) is 0 Å². The minimum atomic E-state index is -0.186. The van der Waals surface area contributed by atoms with Crippen LogP contribution >= 0.6 is 0 Å². The molecule has 2 aliphatic carbocycles. The second-order valence-corrected chi connectivity index (χ2v) is 6.02. The second-order valence-electron chi connectivity index (χ2n) is 6.02. The Morgan fingerprint density at radius 3 is 2.82 bits per heavy atom. The van der Waals surface area contributed by atoms with E-state index in [4.69, 9.17) is 0 Å². The third kappa shape index (κ3) is 2.09. The Kier molecular flexibility index (Phi) is 3.46. The van der Waals surface area contributed by atoms with E-state index in [-0.39, 0.29) is 18.1 Å². The van der Waals surface area contributed by atoms with Crippen LogP contribution in [-0.4, -0.2) is 22.9 Å². The molecule has 0 aromatic heterocycles. The third-order valence-electron chi connectivity index (χ3n) is 5.05. The van der Waals surface area contributed by atoms with Crippen molar-refractivity contribution in [1.82, 2.24) is 0 Å². The molecule has 3 atom stereocenters. The van der Waals surface area contributed by atoms with Crippen LogP contribution in [0, 0.1) is 11.3 Å². The summed E-state index contributed by atoms with van der Waals surface area (Å²) in [4.78, 5) is 0. The maximum Gasteiger partial charge on any atom is 0.0641 e. The molecule has 0 spiro atoms. The van der Waals surface area contributed by atoms with Crippen molar-refractivity contribution in [1.29, 1.82) is 0 Å². The summed E-state index contributed by atoms with van der Waals surface area (Å²) in [6.07, 6.45) is 4.65. The summed E-state index contributed by atoms with van der Waals surface area (Å²) >= 11 is 0. The first kappa shape index (κ1) is 12.8. The highest BCUT2D eigenvalue weighted by molar-refractivity contribution is 5.24. The summed E-state index contributed by atoms with van der Waals surface area (Å²) in [6.45, 7) is 8.58. The summed E-state index contributed by atoms with van der Waals surface area (Å²) in [5, 5.41) is 19.5. The highest BCUT2D eigenvalue weighted by atomic mass is 16.3. The van der Waals surface area contributed by atoms with Crippen molar-refractivity contribution in [3.8, 4) is 0 Å². The van der Waals surface area contributed by atoms with E-state index < -0.39 is 0 Å². The molecule has 0 heterocycles. The van der Waals surface area contributed by atoms with Crippen LogP contribution in [0.4, 0.5) is 0 Å². The topological polar surface area (TPSA) is 40.5 Å². The fourth-order valence-corrected chi connectivity index (χ4v) is 3.51.